The molecule has 1 aliphatic rings. The highest BCUT2D eigenvalue weighted by molar-refractivity contribution is 5.93. The number of hydroxylamine groups is 1. The third-order valence-electron chi connectivity index (χ3n) is 5.60. The number of amides is 1. The SMILES string of the molecule is CC1(C)c2ccccc2N(Cc2ccc(C(=O)NO)cc2)C1c1ccncc1. The third kappa shape index (κ3) is 3.04. The number of nitrogens with one attached hydrogen (secondary N) is 1. The van der Waals surface area contributed by atoms with Gasteiger partial charge in [-0.1, -0.05) is 44.2 Å². The second-order valence-corrected chi connectivity index (χ2v) is 7.69. The summed E-state index contributed by atoms with van der Waals surface area (Å²) in [5, 5.41) is 8.80. The molecule has 0 fully saturated rings. The Balaban J connectivity index is 1.73. The minimum Gasteiger partial charge on any atom is -0.359 e. The molecule has 4 rings (SSSR count). The summed E-state index contributed by atoms with van der Waals surface area (Å²) < 4.78 is 0. The van der Waals surface area contributed by atoms with E-state index in [1.165, 1.54) is 16.8 Å². The van der Waals surface area contributed by atoms with Crippen molar-refractivity contribution in [1.82, 2.24) is 10.5 Å². The first-order valence-corrected chi connectivity index (χ1v) is 9.32. The van der Waals surface area contributed by atoms with Gasteiger partial charge in [-0.2, -0.15) is 0 Å². The molecule has 0 saturated carbocycles. The van der Waals surface area contributed by atoms with E-state index in [4.69, 9.17) is 5.21 Å². The third-order valence-corrected chi connectivity index (χ3v) is 5.60. The molecule has 1 aliphatic heterocycles. The Morgan fingerprint density at radius 1 is 1.07 bits per heavy atom. The molecule has 28 heavy (non-hydrogen) atoms. The molecule has 1 amide bonds. The number of benzene rings is 2. The van der Waals surface area contributed by atoms with Crippen molar-refractivity contribution in [3.63, 3.8) is 0 Å². The van der Waals surface area contributed by atoms with Crippen molar-refractivity contribution < 1.29 is 10.0 Å². The topological polar surface area (TPSA) is 65.5 Å². The van der Waals surface area contributed by atoms with Crippen molar-refractivity contribution in [1.29, 1.82) is 0 Å². The number of anilines is 1. The van der Waals surface area contributed by atoms with Crippen LogP contribution >= 0.6 is 0 Å². The van der Waals surface area contributed by atoms with Crippen LogP contribution in [0, 0.1) is 0 Å². The number of fused-ring (bicyclic) bond motifs is 1. The van der Waals surface area contributed by atoms with Crippen LogP contribution < -0.4 is 10.4 Å². The molecule has 2 aromatic carbocycles. The highest BCUT2D eigenvalue weighted by Crippen LogP contribution is 2.52. The lowest BCUT2D eigenvalue weighted by Gasteiger charge is -2.35. The fourth-order valence-corrected chi connectivity index (χ4v) is 4.29. The van der Waals surface area contributed by atoms with Crippen LogP contribution in [-0.2, 0) is 12.0 Å². The number of carbonyl (C=O) groups is 1. The number of pyridine rings is 1. The van der Waals surface area contributed by atoms with Crippen LogP contribution in [0.2, 0.25) is 0 Å². The van der Waals surface area contributed by atoms with Gasteiger partial charge in [-0.25, -0.2) is 5.48 Å². The maximum absolute atomic E-state index is 11.6. The summed E-state index contributed by atoms with van der Waals surface area (Å²) in [6.07, 6.45) is 3.68. The largest absolute Gasteiger partial charge is 0.359 e. The van der Waals surface area contributed by atoms with Crippen LogP contribution in [0.15, 0.2) is 73.1 Å². The standard InChI is InChI=1S/C23H23N3O2/c1-23(2)19-5-3-4-6-20(19)26(21(23)17-11-13-24-14-12-17)15-16-7-9-18(10-8-16)22(27)25-28/h3-14,21,28H,15H2,1-2H3,(H,25,27). The molecule has 5 nitrogen and oxygen atoms in total. The fraction of sp³-hybridized carbons (Fsp3) is 0.217. The zero-order valence-corrected chi connectivity index (χ0v) is 16.0. The predicted molar refractivity (Wildman–Crippen MR) is 108 cm³/mol. The molecule has 0 spiro atoms. The Hall–Kier alpha value is -3.18. The molecule has 142 valence electrons. The lowest BCUT2D eigenvalue weighted by Crippen LogP contribution is -2.33. The molecule has 5 heteroatoms. The van der Waals surface area contributed by atoms with Gasteiger partial charge in [0.2, 0.25) is 0 Å². The van der Waals surface area contributed by atoms with E-state index in [-0.39, 0.29) is 11.5 Å². The highest BCUT2D eigenvalue weighted by Gasteiger charge is 2.45. The number of rotatable bonds is 4. The van der Waals surface area contributed by atoms with E-state index >= 15 is 0 Å². The van der Waals surface area contributed by atoms with Crippen LogP contribution in [0.4, 0.5) is 5.69 Å². The number of nitrogens with zero attached hydrogens (tertiary/aromatic N) is 2. The monoisotopic (exact) mass is 373 g/mol. The first-order chi connectivity index (χ1) is 13.5. The van der Waals surface area contributed by atoms with Crippen LogP contribution in [0.25, 0.3) is 0 Å². The van der Waals surface area contributed by atoms with E-state index in [0.717, 1.165) is 5.56 Å². The molecule has 3 aromatic rings. The number of hydrogen-bond donors (Lipinski definition) is 2. The lowest BCUT2D eigenvalue weighted by atomic mass is 9.78. The highest BCUT2D eigenvalue weighted by atomic mass is 16.5. The molecule has 1 atom stereocenters. The van der Waals surface area contributed by atoms with E-state index < -0.39 is 5.91 Å². The van der Waals surface area contributed by atoms with Gasteiger partial charge in [0.25, 0.3) is 5.91 Å². The Kier molecular flexibility index (Phi) is 4.61. The average Bonchev–Trinajstić information content (AvgIpc) is 2.95. The number of carbonyl (C=O) groups excluding carboxylic acids is 1. The maximum atomic E-state index is 11.6. The predicted octanol–water partition coefficient (Wildman–Crippen LogP) is 4.24. The average molecular weight is 373 g/mol. The first kappa shape index (κ1) is 18.2. The zero-order valence-electron chi connectivity index (χ0n) is 16.0. The van der Waals surface area contributed by atoms with Crippen LogP contribution in [0.5, 0.6) is 0 Å². The van der Waals surface area contributed by atoms with E-state index in [1.54, 1.807) is 17.6 Å². The molecular weight excluding hydrogens is 350 g/mol. The Labute approximate surface area is 164 Å². The van der Waals surface area contributed by atoms with E-state index in [9.17, 15) is 4.79 Å². The smallest absolute Gasteiger partial charge is 0.274 e. The molecular formula is C23H23N3O2. The van der Waals surface area contributed by atoms with Crippen molar-refractivity contribution in [2.24, 2.45) is 0 Å². The second kappa shape index (κ2) is 7.09. The summed E-state index contributed by atoms with van der Waals surface area (Å²) >= 11 is 0. The zero-order chi connectivity index (χ0) is 19.7. The Morgan fingerprint density at radius 3 is 2.43 bits per heavy atom. The van der Waals surface area contributed by atoms with E-state index in [0.29, 0.717) is 12.1 Å². The van der Waals surface area contributed by atoms with E-state index in [2.05, 4.69) is 60.1 Å². The van der Waals surface area contributed by atoms with Gasteiger partial charge in [-0.3, -0.25) is 15.0 Å². The molecule has 2 heterocycles. The molecule has 0 aliphatic carbocycles. The van der Waals surface area contributed by atoms with E-state index in [1.807, 2.05) is 24.5 Å². The summed E-state index contributed by atoms with van der Waals surface area (Å²) in [5.41, 5.74) is 6.92. The van der Waals surface area contributed by atoms with Crippen molar-refractivity contribution in [2.45, 2.75) is 31.8 Å². The van der Waals surface area contributed by atoms with Crippen molar-refractivity contribution in [3.8, 4) is 0 Å². The van der Waals surface area contributed by atoms with Gasteiger partial charge in [0, 0.05) is 35.6 Å². The second-order valence-electron chi connectivity index (χ2n) is 7.69. The number of aromatic nitrogens is 1. The maximum Gasteiger partial charge on any atom is 0.274 e. The molecule has 0 radical (unpaired) electrons. The molecule has 2 N–H and O–H groups in total. The minimum absolute atomic E-state index is 0.0609. The first-order valence-electron chi connectivity index (χ1n) is 9.32. The normalized spacial score (nSPS) is 17.2. The molecule has 1 unspecified atom stereocenters. The lowest BCUT2D eigenvalue weighted by molar-refractivity contribution is 0.0706. The van der Waals surface area contributed by atoms with Crippen LogP contribution in [0.3, 0.4) is 0 Å². The van der Waals surface area contributed by atoms with Gasteiger partial charge in [-0.05, 0) is 47.0 Å². The molecule has 0 bridgehead atoms. The van der Waals surface area contributed by atoms with Gasteiger partial charge < -0.3 is 4.90 Å². The van der Waals surface area contributed by atoms with Crippen molar-refractivity contribution in [2.75, 3.05) is 4.90 Å². The summed E-state index contributed by atoms with van der Waals surface area (Å²) in [7, 11) is 0. The quantitative estimate of drug-likeness (QED) is 0.530. The molecule has 0 saturated heterocycles. The van der Waals surface area contributed by atoms with Crippen molar-refractivity contribution in [3.05, 3.63) is 95.3 Å². The van der Waals surface area contributed by atoms with Gasteiger partial charge in [0.15, 0.2) is 0 Å². The summed E-state index contributed by atoms with van der Waals surface area (Å²) in [5.74, 6) is -0.506. The Bertz CT molecular complexity index is 984. The van der Waals surface area contributed by atoms with Crippen molar-refractivity contribution >= 4 is 11.6 Å². The van der Waals surface area contributed by atoms with Crippen LogP contribution in [-0.4, -0.2) is 16.1 Å². The number of para-hydroxylation sites is 1. The summed E-state index contributed by atoms with van der Waals surface area (Å²) in [6.45, 7) is 5.28. The fourth-order valence-electron chi connectivity index (χ4n) is 4.29. The van der Waals surface area contributed by atoms with Gasteiger partial charge >= 0.3 is 0 Å². The van der Waals surface area contributed by atoms with Gasteiger partial charge in [-0.15, -0.1) is 0 Å². The summed E-state index contributed by atoms with van der Waals surface area (Å²) in [6, 6.07) is 20.2. The van der Waals surface area contributed by atoms with Gasteiger partial charge in [0.05, 0.1) is 6.04 Å². The molecule has 1 aromatic heterocycles. The van der Waals surface area contributed by atoms with Gasteiger partial charge in [0.1, 0.15) is 0 Å². The Morgan fingerprint density at radius 2 is 1.75 bits per heavy atom. The summed E-state index contributed by atoms with van der Waals surface area (Å²) in [4.78, 5) is 18.2. The van der Waals surface area contributed by atoms with Crippen LogP contribution in [0.1, 0.15) is 46.9 Å². The number of hydrogen-bond acceptors (Lipinski definition) is 4. The minimum atomic E-state index is -0.506.